The first kappa shape index (κ1) is 11.9. The minimum Gasteiger partial charge on any atom is -0.379 e. The van der Waals surface area contributed by atoms with Crippen molar-refractivity contribution in [3.8, 4) is 0 Å². The second-order valence-electron chi connectivity index (χ2n) is 3.42. The van der Waals surface area contributed by atoms with Gasteiger partial charge in [-0.1, -0.05) is 6.92 Å². The topological polar surface area (TPSA) is 69.6 Å². The highest BCUT2D eigenvalue weighted by Gasteiger charge is 2.23. The van der Waals surface area contributed by atoms with Gasteiger partial charge in [0, 0.05) is 25.1 Å². The summed E-state index contributed by atoms with van der Waals surface area (Å²) >= 11 is 0. The Bertz CT molecular complexity index is 258. The van der Waals surface area contributed by atoms with Gasteiger partial charge in [-0.2, -0.15) is 0 Å². The number of amides is 2. The summed E-state index contributed by atoms with van der Waals surface area (Å²) in [4.78, 5) is 23.4. The number of hydrogen-bond acceptors (Lipinski definition) is 4. The van der Waals surface area contributed by atoms with Crippen molar-refractivity contribution in [1.82, 2.24) is 10.2 Å². The first-order valence-electron chi connectivity index (χ1n) is 5.10. The van der Waals surface area contributed by atoms with Crippen molar-refractivity contribution in [2.24, 2.45) is 0 Å². The van der Waals surface area contributed by atoms with Gasteiger partial charge in [0.2, 0.25) is 0 Å². The van der Waals surface area contributed by atoms with E-state index in [1.165, 1.54) is 12.2 Å². The molecule has 5 heteroatoms. The highest BCUT2D eigenvalue weighted by molar-refractivity contribution is 6.12. The van der Waals surface area contributed by atoms with Gasteiger partial charge in [-0.05, 0) is 13.0 Å². The van der Waals surface area contributed by atoms with Crippen LogP contribution in [0.2, 0.25) is 0 Å². The number of imide groups is 1. The highest BCUT2D eigenvalue weighted by Crippen LogP contribution is 2.04. The quantitative estimate of drug-likeness (QED) is 0.465. The predicted octanol–water partition coefficient (Wildman–Crippen LogP) is -0.381. The van der Waals surface area contributed by atoms with Gasteiger partial charge < -0.3 is 5.11 Å². The Morgan fingerprint density at radius 2 is 2.00 bits per heavy atom. The number of aliphatic hydroxyl groups is 1. The van der Waals surface area contributed by atoms with E-state index >= 15 is 0 Å². The number of rotatable bonds is 6. The van der Waals surface area contributed by atoms with Crippen LogP contribution in [0.3, 0.4) is 0 Å². The van der Waals surface area contributed by atoms with E-state index in [1.54, 1.807) is 0 Å². The summed E-state index contributed by atoms with van der Waals surface area (Å²) < 4.78 is 0. The van der Waals surface area contributed by atoms with Crippen molar-refractivity contribution in [3.05, 3.63) is 12.2 Å². The molecule has 0 bridgehead atoms. The van der Waals surface area contributed by atoms with E-state index in [0.29, 0.717) is 6.42 Å². The molecule has 0 saturated heterocycles. The van der Waals surface area contributed by atoms with E-state index in [-0.39, 0.29) is 18.4 Å². The lowest BCUT2D eigenvalue weighted by molar-refractivity contribution is -0.137. The Morgan fingerprint density at radius 3 is 2.53 bits per heavy atom. The number of hydrogen-bond donors (Lipinski definition) is 2. The molecule has 0 aromatic heterocycles. The largest absolute Gasteiger partial charge is 0.379 e. The minimum atomic E-state index is -0.661. The maximum absolute atomic E-state index is 11.1. The molecule has 84 valence electrons. The first-order chi connectivity index (χ1) is 7.15. The van der Waals surface area contributed by atoms with Crippen LogP contribution in [0, 0.1) is 0 Å². The summed E-state index contributed by atoms with van der Waals surface area (Å²) in [5.74, 6) is -0.606. The van der Waals surface area contributed by atoms with Gasteiger partial charge in [0.1, 0.15) is 6.23 Å². The monoisotopic (exact) mass is 212 g/mol. The van der Waals surface area contributed by atoms with Crippen LogP contribution in [0.25, 0.3) is 0 Å². The molecule has 5 nitrogen and oxygen atoms in total. The molecule has 0 saturated carbocycles. The second-order valence-corrected chi connectivity index (χ2v) is 3.42. The van der Waals surface area contributed by atoms with Crippen LogP contribution in [-0.2, 0) is 9.59 Å². The van der Waals surface area contributed by atoms with Crippen LogP contribution in [0.15, 0.2) is 12.2 Å². The number of carbonyl (C=O) groups is 2. The maximum atomic E-state index is 11.1. The molecule has 2 amide bonds. The summed E-state index contributed by atoms with van der Waals surface area (Å²) in [5.41, 5.74) is 0. The lowest BCUT2D eigenvalue weighted by Gasteiger charge is -2.17. The third kappa shape index (κ3) is 3.45. The van der Waals surface area contributed by atoms with E-state index in [2.05, 4.69) is 5.32 Å². The summed E-state index contributed by atoms with van der Waals surface area (Å²) in [6.45, 7) is 2.97. The molecule has 0 radical (unpaired) electrons. The zero-order chi connectivity index (χ0) is 11.3. The van der Waals surface area contributed by atoms with Crippen LogP contribution in [0.4, 0.5) is 0 Å². The normalized spacial score (nSPS) is 17.6. The van der Waals surface area contributed by atoms with E-state index < -0.39 is 6.23 Å². The van der Waals surface area contributed by atoms with Crippen LogP contribution in [0.1, 0.15) is 19.8 Å². The molecule has 1 heterocycles. The van der Waals surface area contributed by atoms with Gasteiger partial charge in [-0.25, -0.2) is 0 Å². The van der Waals surface area contributed by atoms with Gasteiger partial charge in [0.25, 0.3) is 11.8 Å². The van der Waals surface area contributed by atoms with E-state index in [9.17, 15) is 14.7 Å². The average Bonchev–Trinajstić information content (AvgIpc) is 2.53. The average molecular weight is 212 g/mol. The first-order valence-corrected chi connectivity index (χ1v) is 5.10. The van der Waals surface area contributed by atoms with E-state index in [1.807, 2.05) is 6.92 Å². The maximum Gasteiger partial charge on any atom is 0.253 e. The Morgan fingerprint density at radius 1 is 1.40 bits per heavy atom. The van der Waals surface area contributed by atoms with Gasteiger partial charge in [-0.3, -0.25) is 19.8 Å². The van der Waals surface area contributed by atoms with Crippen molar-refractivity contribution < 1.29 is 14.7 Å². The molecule has 0 spiro atoms. The fourth-order valence-corrected chi connectivity index (χ4v) is 1.32. The molecule has 0 fully saturated rings. The molecule has 1 atom stereocenters. The summed E-state index contributed by atoms with van der Waals surface area (Å²) in [7, 11) is 0. The van der Waals surface area contributed by atoms with Gasteiger partial charge in [0.15, 0.2) is 0 Å². The van der Waals surface area contributed by atoms with E-state index in [0.717, 1.165) is 17.9 Å². The van der Waals surface area contributed by atoms with Crippen LogP contribution in [0.5, 0.6) is 0 Å². The third-order valence-corrected chi connectivity index (χ3v) is 2.16. The molecule has 1 unspecified atom stereocenters. The number of nitrogens with zero attached hydrogens (tertiary/aromatic N) is 1. The zero-order valence-electron chi connectivity index (χ0n) is 8.77. The van der Waals surface area contributed by atoms with Crippen molar-refractivity contribution in [2.45, 2.75) is 26.0 Å². The molecule has 0 aromatic carbocycles. The Hall–Kier alpha value is -1.20. The fraction of sp³-hybridized carbons (Fsp3) is 0.600. The Kier molecular flexibility index (Phi) is 4.45. The minimum absolute atomic E-state index is 0.253. The lowest BCUT2D eigenvalue weighted by Crippen LogP contribution is -2.37. The number of aliphatic hydroxyl groups excluding tert-OH is 1. The standard InChI is InChI=1S/C10H16N2O3/c1-2-6-11-8(13)5-7-12-9(14)3-4-10(12)15/h3-4,8,11,13H,2,5-7H2,1H3. The summed E-state index contributed by atoms with van der Waals surface area (Å²) in [6.07, 6.45) is 3.12. The fourth-order valence-electron chi connectivity index (χ4n) is 1.32. The van der Waals surface area contributed by atoms with Crippen molar-refractivity contribution in [3.63, 3.8) is 0 Å². The lowest BCUT2D eigenvalue weighted by atomic mass is 10.3. The smallest absolute Gasteiger partial charge is 0.253 e. The molecule has 0 aromatic rings. The molecular formula is C10H16N2O3. The molecule has 15 heavy (non-hydrogen) atoms. The van der Waals surface area contributed by atoms with Crippen LogP contribution >= 0.6 is 0 Å². The van der Waals surface area contributed by atoms with Crippen LogP contribution in [-0.4, -0.2) is 41.1 Å². The summed E-state index contributed by atoms with van der Waals surface area (Å²) in [5, 5.41) is 12.3. The molecule has 2 N–H and O–H groups in total. The van der Waals surface area contributed by atoms with Crippen molar-refractivity contribution >= 4 is 11.8 Å². The molecule has 1 aliphatic heterocycles. The second kappa shape index (κ2) is 5.63. The molecule has 1 aliphatic rings. The predicted molar refractivity (Wildman–Crippen MR) is 54.8 cm³/mol. The highest BCUT2D eigenvalue weighted by atomic mass is 16.3. The van der Waals surface area contributed by atoms with Crippen molar-refractivity contribution in [2.75, 3.05) is 13.1 Å². The molecule has 1 rings (SSSR count). The van der Waals surface area contributed by atoms with Gasteiger partial charge >= 0.3 is 0 Å². The Labute approximate surface area is 88.8 Å². The van der Waals surface area contributed by atoms with Gasteiger partial charge in [0.05, 0.1) is 0 Å². The van der Waals surface area contributed by atoms with E-state index in [4.69, 9.17) is 0 Å². The molecular weight excluding hydrogens is 196 g/mol. The van der Waals surface area contributed by atoms with Gasteiger partial charge in [-0.15, -0.1) is 0 Å². The van der Waals surface area contributed by atoms with Crippen LogP contribution < -0.4 is 5.32 Å². The summed E-state index contributed by atoms with van der Waals surface area (Å²) in [6, 6.07) is 0. The van der Waals surface area contributed by atoms with Crippen molar-refractivity contribution in [1.29, 1.82) is 0 Å². The number of carbonyl (C=O) groups excluding carboxylic acids is 2. The number of nitrogens with one attached hydrogen (secondary N) is 1. The SMILES string of the molecule is CCCNC(O)CCN1C(=O)C=CC1=O. The third-order valence-electron chi connectivity index (χ3n) is 2.16. The zero-order valence-corrected chi connectivity index (χ0v) is 8.77. The Balaban J connectivity index is 2.25. The molecule has 0 aliphatic carbocycles.